The minimum Gasteiger partial charge on any atom is -0.508 e. The quantitative estimate of drug-likeness (QED) is 0.430. The van der Waals surface area contributed by atoms with Crippen molar-refractivity contribution in [1.29, 1.82) is 0 Å². The zero-order chi connectivity index (χ0) is 18.9. The molecule has 26 heavy (non-hydrogen) atoms. The van der Waals surface area contributed by atoms with Crippen LogP contribution < -0.4 is 5.32 Å². The monoisotopic (exact) mass is 369 g/mol. The summed E-state index contributed by atoms with van der Waals surface area (Å²) in [5, 5.41) is 12.1. The van der Waals surface area contributed by atoms with Crippen molar-refractivity contribution in [2.45, 2.75) is 19.8 Å². The lowest BCUT2D eigenvalue weighted by molar-refractivity contribution is -0.122. The summed E-state index contributed by atoms with van der Waals surface area (Å²) in [5.74, 6) is 0.209. The van der Waals surface area contributed by atoms with Crippen LogP contribution in [0.5, 0.6) is 5.75 Å². The molecule has 0 saturated carbocycles. The summed E-state index contributed by atoms with van der Waals surface area (Å²) in [5.41, 5.74) is 1.07. The van der Waals surface area contributed by atoms with Gasteiger partial charge in [0.15, 0.2) is 0 Å². The number of phenols is 1. The molecule has 0 aliphatic carbocycles. The van der Waals surface area contributed by atoms with E-state index in [0.717, 1.165) is 12.0 Å². The minimum absolute atomic E-state index is 0.0348. The van der Waals surface area contributed by atoms with Gasteiger partial charge in [0, 0.05) is 19.6 Å². The maximum absolute atomic E-state index is 11.7. The summed E-state index contributed by atoms with van der Waals surface area (Å²) >= 11 is 0. The summed E-state index contributed by atoms with van der Waals surface area (Å²) in [6.45, 7) is 6.78. The fourth-order valence-corrected chi connectivity index (χ4v) is 2.07. The Morgan fingerprint density at radius 2 is 1.42 bits per heavy atom. The number of rotatable bonds is 16. The van der Waals surface area contributed by atoms with Gasteiger partial charge in [0.2, 0.25) is 5.91 Å². The number of hydrogen-bond donors (Lipinski definition) is 2. The van der Waals surface area contributed by atoms with Gasteiger partial charge >= 0.3 is 0 Å². The topological polar surface area (TPSA) is 86.2 Å². The molecule has 7 heteroatoms. The van der Waals surface area contributed by atoms with E-state index in [1.54, 1.807) is 12.1 Å². The molecule has 0 spiro atoms. The standard InChI is InChI=1S/C19H31NO6/c1-2-23-11-12-25-15-16-26-14-13-24-10-8-19(22)20-9-7-17-3-5-18(21)6-4-17/h3-6,21H,2,7-16H2,1H3,(H,20,22). The first-order chi connectivity index (χ1) is 12.7. The molecule has 0 saturated heterocycles. The van der Waals surface area contributed by atoms with Crippen LogP contribution in [0.3, 0.4) is 0 Å². The highest BCUT2D eigenvalue weighted by Gasteiger charge is 2.01. The Morgan fingerprint density at radius 3 is 2.00 bits per heavy atom. The molecule has 148 valence electrons. The third-order valence-electron chi connectivity index (χ3n) is 3.47. The number of carbonyl (C=O) groups excluding carboxylic acids is 1. The number of amides is 1. The first-order valence-corrected chi connectivity index (χ1v) is 9.08. The molecule has 7 nitrogen and oxygen atoms in total. The molecule has 0 aromatic heterocycles. The second kappa shape index (κ2) is 15.6. The largest absolute Gasteiger partial charge is 0.508 e. The molecule has 0 unspecified atom stereocenters. The first-order valence-electron chi connectivity index (χ1n) is 9.08. The van der Waals surface area contributed by atoms with E-state index in [4.69, 9.17) is 18.9 Å². The Labute approximate surface area is 155 Å². The lowest BCUT2D eigenvalue weighted by Gasteiger charge is -2.08. The predicted octanol–water partition coefficient (Wildman–Crippen LogP) is 1.53. The molecule has 0 aliphatic rings. The van der Waals surface area contributed by atoms with Crippen LogP contribution in [0.1, 0.15) is 18.9 Å². The molecule has 1 rings (SSSR count). The second-order valence-corrected chi connectivity index (χ2v) is 5.55. The average Bonchev–Trinajstić information content (AvgIpc) is 2.64. The number of ether oxygens (including phenoxy) is 4. The molecule has 0 radical (unpaired) electrons. The summed E-state index contributed by atoms with van der Waals surface area (Å²) in [7, 11) is 0. The maximum atomic E-state index is 11.7. The van der Waals surface area contributed by atoms with Crippen LogP contribution in [0, 0.1) is 0 Å². The molecule has 1 aromatic rings. The fourth-order valence-electron chi connectivity index (χ4n) is 2.07. The zero-order valence-electron chi connectivity index (χ0n) is 15.6. The highest BCUT2D eigenvalue weighted by Crippen LogP contribution is 2.09. The zero-order valence-corrected chi connectivity index (χ0v) is 15.6. The smallest absolute Gasteiger partial charge is 0.222 e. The average molecular weight is 369 g/mol. The summed E-state index contributed by atoms with van der Waals surface area (Å²) in [6, 6.07) is 6.96. The summed E-state index contributed by atoms with van der Waals surface area (Å²) in [4.78, 5) is 11.7. The van der Waals surface area contributed by atoms with Gasteiger partial charge in [-0.2, -0.15) is 0 Å². The van der Waals surface area contributed by atoms with Crippen LogP contribution >= 0.6 is 0 Å². The van der Waals surface area contributed by atoms with Gasteiger partial charge < -0.3 is 29.4 Å². The van der Waals surface area contributed by atoms with Crippen LogP contribution in [0.2, 0.25) is 0 Å². The van der Waals surface area contributed by atoms with E-state index in [1.807, 2.05) is 19.1 Å². The number of nitrogens with one attached hydrogen (secondary N) is 1. The fraction of sp³-hybridized carbons (Fsp3) is 0.632. The maximum Gasteiger partial charge on any atom is 0.222 e. The van der Waals surface area contributed by atoms with Gasteiger partial charge in [-0.05, 0) is 31.0 Å². The molecule has 0 fully saturated rings. The molecular weight excluding hydrogens is 338 g/mol. The van der Waals surface area contributed by atoms with Gasteiger partial charge in [-0.15, -0.1) is 0 Å². The van der Waals surface area contributed by atoms with Crippen molar-refractivity contribution in [3.8, 4) is 5.75 Å². The normalized spacial score (nSPS) is 10.8. The Morgan fingerprint density at radius 1 is 0.885 bits per heavy atom. The van der Waals surface area contributed by atoms with Gasteiger partial charge in [0.25, 0.3) is 0 Å². The van der Waals surface area contributed by atoms with Crippen molar-refractivity contribution in [3.05, 3.63) is 29.8 Å². The van der Waals surface area contributed by atoms with Crippen LogP contribution in [0.4, 0.5) is 0 Å². The van der Waals surface area contributed by atoms with Crippen molar-refractivity contribution < 1.29 is 28.8 Å². The van der Waals surface area contributed by atoms with Crippen molar-refractivity contribution in [2.24, 2.45) is 0 Å². The summed E-state index contributed by atoms with van der Waals surface area (Å²) in [6.07, 6.45) is 1.06. The lowest BCUT2D eigenvalue weighted by Crippen LogP contribution is -2.26. The third kappa shape index (κ3) is 12.7. The van der Waals surface area contributed by atoms with Gasteiger partial charge in [-0.1, -0.05) is 12.1 Å². The van der Waals surface area contributed by atoms with Crippen LogP contribution in [-0.4, -0.2) is 70.4 Å². The van der Waals surface area contributed by atoms with Gasteiger partial charge in [0.05, 0.1) is 46.2 Å². The van der Waals surface area contributed by atoms with Crippen molar-refractivity contribution >= 4 is 5.91 Å². The molecule has 0 bridgehead atoms. The molecule has 0 aliphatic heterocycles. The molecule has 0 heterocycles. The lowest BCUT2D eigenvalue weighted by atomic mass is 10.1. The van der Waals surface area contributed by atoms with Gasteiger partial charge in [-0.25, -0.2) is 0 Å². The molecule has 1 amide bonds. The van der Waals surface area contributed by atoms with E-state index < -0.39 is 0 Å². The Hall–Kier alpha value is -1.67. The Balaban J connectivity index is 1.84. The molecule has 0 atom stereocenters. The van der Waals surface area contributed by atoms with Crippen LogP contribution in [0.25, 0.3) is 0 Å². The second-order valence-electron chi connectivity index (χ2n) is 5.55. The predicted molar refractivity (Wildman–Crippen MR) is 98.4 cm³/mol. The van der Waals surface area contributed by atoms with Crippen molar-refractivity contribution in [3.63, 3.8) is 0 Å². The highest BCUT2D eigenvalue weighted by molar-refractivity contribution is 5.75. The van der Waals surface area contributed by atoms with E-state index in [2.05, 4.69) is 5.32 Å². The van der Waals surface area contributed by atoms with Crippen molar-refractivity contribution in [2.75, 3.05) is 59.4 Å². The Kier molecular flexibility index (Phi) is 13.4. The van der Waals surface area contributed by atoms with E-state index in [0.29, 0.717) is 65.8 Å². The molecule has 1 aromatic carbocycles. The number of phenolic OH excluding ortho intramolecular Hbond substituents is 1. The number of benzene rings is 1. The SMILES string of the molecule is CCOCCOCCOCCOCCC(=O)NCCc1ccc(O)cc1. The number of carbonyl (C=O) groups is 1. The van der Waals surface area contributed by atoms with Gasteiger partial charge in [0.1, 0.15) is 5.75 Å². The third-order valence-corrected chi connectivity index (χ3v) is 3.47. The number of aromatic hydroxyl groups is 1. The van der Waals surface area contributed by atoms with Crippen LogP contribution in [0.15, 0.2) is 24.3 Å². The first kappa shape index (κ1) is 22.4. The highest BCUT2D eigenvalue weighted by atomic mass is 16.6. The molecule has 2 N–H and O–H groups in total. The Bertz CT molecular complexity index is 466. The van der Waals surface area contributed by atoms with Crippen LogP contribution in [-0.2, 0) is 30.2 Å². The van der Waals surface area contributed by atoms with Crippen molar-refractivity contribution in [1.82, 2.24) is 5.32 Å². The number of hydrogen-bond acceptors (Lipinski definition) is 6. The summed E-state index contributed by atoms with van der Waals surface area (Å²) < 4.78 is 21.2. The minimum atomic E-state index is -0.0348. The van der Waals surface area contributed by atoms with E-state index in [-0.39, 0.29) is 11.7 Å². The van der Waals surface area contributed by atoms with E-state index >= 15 is 0 Å². The van der Waals surface area contributed by atoms with E-state index in [9.17, 15) is 9.90 Å². The van der Waals surface area contributed by atoms with Gasteiger partial charge in [-0.3, -0.25) is 4.79 Å². The van der Waals surface area contributed by atoms with E-state index in [1.165, 1.54) is 0 Å². The molecular formula is C19H31NO6.